The number of carbonyl (C=O) groups excluding carboxylic acids is 8. The molecule has 5 aliphatic rings. The summed E-state index contributed by atoms with van der Waals surface area (Å²) < 4.78 is 34.2. The molecule has 10 heterocycles. The fourth-order valence-corrected chi connectivity index (χ4v) is 12.5. The summed E-state index contributed by atoms with van der Waals surface area (Å²) >= 11 is 0. The van der Waals surface area contributed by atoms with E-state index in [1.807, 2.05) is 55.4 Å². The van der Waals surface area contributed by atoms with Crippen molar-refractivity contribution >= 4 is 59.1 Å². The smallest absolute Gasteiger partial charge is 0.328 e. The Bertz CT molecular complexity index is 3780. The highest BCUT2D eigenvalue weighted by Crippen LogP contribution is 2.35. The number of β-amino-alcohol motifs (C(OH)–C–C–N with tert-alkyl or cyclic N) is 5. The molecule has 5 saturated heterocycles. The Labute approximate surface area is 605 Å². The van der Waals surface area contributed by atoms with Crippen LogP contribution in [0.25, 0.3) is 0 Å². The van der Waals surface area contributed by atoms with Gasteiger partial charge in [-0.15, -0.1) is 0 Å². The van der Waals surface area contributed by atoms with E-state index in [1.165, 1.54) is 41.2 Å². The van der Waals surface area contributed by atoms with Crippen LogP contribution in [0.4, 0.5) is 0 Å². The van der Waals surface area contributed by atoms with E-state index in [0.717, 1.165) is 10.6 Å². The quantitative estimate of drug-likeness (QED) is 0.0113. The molecule has 14 atom stereocenters. The van der Waals surface area contributed by atoms with Gasteiger partial charge >= 0.3 is 17.9 Å². The molecule has 5 aromatic rings. The van der Waals surface area contributed by atoms with Crippen molar-refractivity contribution in [1.82, 2.24) is 50.7 Å². The number of esters is 2. The number of hydrogen-bond acceptors (Lipinski definition) is 30. The highest BCUT2D eigenvalue weighted by atomic mass is 16.5. The zero-order valence-corrected chi connectivity index (χ0v) is 61.2. The van der Waals surface area contributed by atoms with Crippen molar-refractivity contribution in [1.29, 1.82) is 5.26 Å². The Balaban J connectivity index is 0.000000230. The molecule has 12 N–H and O–H groups in total. The van der Waals surface area contributed by atoms with E-state index in [-0.39, 0.29) is 110 Å². The molecule has 37 nitrogen and oxygen atoms in total. The fraction of sp³-hybridized carbons (Fsp3) is 0.618. The van der Waals surface area contributed by atoms with E-state index in [9.17, 15) is 63.6 Å². The van der Waals surface area contributed by atoms with Crippen LogP contribution in [0.1, 0.15) is 168 Å². The maximum absolute atomic E-state index is 12.9. The number of nitriles is 1. The lowest BCUT2D eigenvalue weighted by Gasteiger charge is -2.28. The number of aromatic nitrogens is 5. The lowest BCUT2D eigenvalue weighted by Crippen LogP contribution is -2.46. The third-order valence-electron chi connectivity index (χ3n) is 17.6. The van der Waals surface area contributed by atoms with Crippen molar-refractivity contribution in [3.8, 4) is 6.07 Å². The summed E-state index contributed by atoms with van der Waals surface area (Å²) in [7, 11) is 2.52. The van der Waals surface area contributed by atoms with Gasteiger partial charge in [0, 0.05) is 95.2 Å². The van der Waals surface area contributed by atoms with Crippen LogP contribution in [-0.2, 0) is 47.8 Å². The van der Waals surface area contributed by atoms with Crippen molar-refractivity contribution in [2.24, 2.45) is 40.3 Å². The second-order valence-corrected chi connectivity index (χ2v) is 27.4. The monoisotopic (exact) mass is 1480 g/mol. The van der Waals surface area contributed by atoms with E-state index in [1.54, 1.807) is 52.0 Å². The largest absolute Gasteiger partial charge is 0.481 e. The number of nitrogens with one attached hydrogen (secondary N) is 1. The molecule has 0 aliphatic carbocycles. The van der Waals surface area contributed by atoms with Gasteiger partial charge in [0.15, 0.2) is 11.6 Å². The average molecular weight is 1480 g/mol. The maximum Gasteiger partial charge on any atom is 0.328 e. The minimum absolute atomic E-state index is 0.00968. The molecule has 5 aromatic heterocycles. The summed E-state index contributed by atoms with van der Waals surface area (Å²) in [5.41, 5.74) is 13.5. The van der Waals surface area contributed by atoms with E-state index in [0.29, 0.717) is 59.5 Å². The second kappa shape index (κ2) is 39.2. The fourth-order valence-electron chi connectivity index (χ4n) is 12.5. The van der Waals surface area contributed by atoms with Gasteiger partial charge in [-0.2, -0.15) is 5.26 Å². The minimum atomic E-state index is -0.963. The van der Waals surface area contributed by atoms with Crippen LogP contribution in [0.15, 0.2) is 64.3 Å². The van der Waals surface area contributed by atoms with Crippen LogP contribution in [-0.4, -0.2) is 248 Å². The summed E-state index contributed by atoms with van der Waals surface area (Å²) in [5, 5.41) is 98.8. The molecule has 0 saturated carbocycles. The highest BCUT2D eigenvalue weighted by molar-refractivity contribution is 6.42. The third-order valence-corrected chi connectivity index (χ3v) is 17.6. The second-order valence-electron chi connectivity index (χ2n) is 27.4. The average Bonchev–Trinajstić information content (AvgIpc) is 1.67. The van der Waals surface area contributed by atoms with E-state index in [4.69, 9.17) is 54.8 Å². The number of hydrogen-bond donors (Lipinski definition) is 10. The molecular weight excluding hydrogens is 1380 g/mol. The molecule has 37 heteroatoms. The Morgan fingerprint density at radius 3 is 1.31 bits per heavy atom. The predicted octanol–water partition coefficient (Wildman–Crippen LogP) is 1.49. The van der Waals surface area contributed by atoms with Gasteiger partial charge in [0.05, 0.1) is 85.8 Å². The van der Waals surface area contributed by atoms with Crippen LogP contribution < -0.4 is 16.8 Å². The number of aliphatic hydroxyl groups excluding tert-OH is 5. The maximum atomic E-state index is 12.9. The minimum Gasteiger partial charge on any atom is -0.481 e. The van der Waals surface area contributed by atoms with Crippen molar-refractivity contribution in [2.45, 2.75) is 200 Å². The molecule has 0 bridgehead atoms. The first-order valence-electron chi connectivity index (χ1n) is 34.0. The number of carbonyl (C=O) groups is 9. The van der Waals surface area contributed by atoms with Gasteiger partial charge in [-0.25, -0.2) is 4.79 Å². The molecule has 5 aliphatic heterocycles. The SMILES string of the molecule is CC(C)C(C(=O)O)c1ccno1.COC(=O)[C@@H]1C[C@@H](O)CN1.COC(=O)[C@@H]1C[C@@H](O)CN1C(=O)C(=O)c1cc(C)no1.Cc1cc(C(C(=O)N2C[C@H](O)C[C@H]2/C(N)=N/O)C(C)C)on1.Cc1cc(C(C(=O)N2C[C@H](O)C[C@H]2C#N)C(C)C)on1.Cc1cc(C(C(=O)N2C[C@H](O)C[C@H]2C(N)=O)C(C)C)on1. The van der Waals surface area contributed by atoms with E-state index >= 15 is 0 Å². The highest BCUT2D eigenvalue weighted by Gasteiger charge is 2.46. The van der Waals surface area contributed by atoms with Gasteiger partial charge in [0.1, 0.15) is 65.1 Å². The van der Waals surface area contributed by atoms with Gasteiger partial charge in [-0.1, -0.05) is 86.3 Å². The summed E-state index contributed by atoms with van der Waals surface area (Å²) in [5.74, 6) is -5.49. The first kappa shape index (κ1) is 85.6. The van der Waals surface area contributed by atoms with Crippen molar-refractivity contribution < 1.29 is 111 Å². The number of carboxylic acid groups (broad SMARTS) is 1. The third kappa shape index (κ3) is 23.0. The summed E-state index contributed by atoms with van der Waals surface area (Å²) in [4.78, 5) is 112. The number of amidine groups is 1. The van der Waals surface area contributed by atoms with Gasteiger partial charge < -0.3 is 104 Å². The van der Waals surface area contributed by atoms with Crippen LogP contribution in [0.5, 0.6) is 0 Å². The van der Waals surface area contributed by atoms with E-state index < -0.39 is 108 Å². The Kier molecular flexibility index (Phi) is 32.0. The molecule has 5 amide bonds. The topological polar surface area (TPSA) is 557 Å². The molecular formula is C68H98N14O23. The van der Waals surface area contributed by atoms with Crippen molar-refractivity contribution in [3.63, 3.8) is 0 Å². The molecule has 0 aromatic carbocycles. The van der Waals surface area contributed by atoms with Crippen LogP contribution in [0, 0.1) is 62.7 Å². The molecule has 10 rings (SSSR count). The molecule has 0 spiro atoms. The van der Waals surface area contributed by atoms with Crippen LogP contribution in [0.3, 0.4) is 0 Å². The molecule has 0 radical (unpaired) electrons. The number of ether oxygens (including phenoxy) is 2. The Hall–Kier alpha value is -10.0. The first-order valence-corrected chi connectivity index (χ1v) is 34.0. The molecule has 578 valence electrons. The number of ketones is 1. The number of oxime groups is 1. The van der Waals surface area contributed by atoms with Gasteiger partial charge in [0.2, 0.25) is 29.4 Å². The van der Waals surface area contributed by atoms with Gasteiger partial charge in [0.25, 0.3) is 11.7 Å². The van der Waals surface area contributed by atoms with Gasteiger partial charge in [-0.3, -0.25) is 38.4 Å². The molecule has 4 unspecified atom stereocenters. The van der Waals surface area contributed by atoms with Crippen LogP contribution >= 0.6 is 0 Å². The zero-order valence-electron chi connectivity index (χ0n) is 61.2. The Morgan fingerprint density at radius 2 is 0.952 bits per heavy atom. The van der Waals surface area contributed by atoms with Crippen LogP contribution in [0.2, 0.25) is 0 Å². The Morgan fingerprint density at radius 1 is 0.543 bits per heavy atom. The number of nitrogens with two attached hydrogens (primary N) is 2. The number of rotatable bonds is 18. The summed E-state index contributed by atoms with van der Waals surface area (Å²) in [6.45, 7) is 23.0. The lowest BCUT2D eigenvalue weighted by atomic mass is 9.91. The summed E-state index contributed by atoms with van der Waals surface area (Å²) in [6.07, 6.45) is -0.619. The number of aliphatic carboxylic acids is 1. The number of likely N-dealkylation sites (tertiary alicyclic amines) is 4. The van der Waals surface area contributed by atoms with Crippen molar-refractivity contribution in [2.75, 3.05) is 46.9 Å². The number of aliphatic hydroxyl groups is 5. The molecule has 5 fully saturated rings. The van der Waals surface area contributed by atoms with Gasteiger partial charge in [-0.05, 0) is 51.4 Å². The zero-order chi connectivity index (χ0) is 78.6. The number of Topliss-reactive ketones (excluding diaryl/α,β-unsaturated/α-hetero) is 1. The molecule has 105 heavy (non-hydrogen) atoms. The number of primary amides is 1. The number of carboxylic acids is 1. The number of methoxy groups -OCH3 is 2. The lowest BCUT2D eigenvalue weighted by molar-refractivity contribution is -0.149. The normalized spacial score (nSPS) is 23.0. The van der Waals surface area contributed by atoms with E-state index in [2.05, 4.69) is 51.8 Å². The summed E-state index contributed by atoms with van der Waals surface area (Å²) in [6, 6.07) is 6.97. The number of nitrogens with zero attached hydrogens (tertiary/aromatic N) is 11. The number of aryl methyl sites for hydroxylation is 4. The number of amides is 5. The predicted molar refractivity (Wildman–Crippen MR) is 363 cm³/mol. The first-order chi connectivity index (χ1) is 49.4. The van der Waals surface area contributed by atoms with Crippen molar-refractivity contribution in [3.05, 3.63) is 88.1 Å². The standard InChI is InChI=1S/C14H22N4O4.C14H21N3O4.C14H19N3O3.C12H14N2O6.C8H11NO3.C6H11NO3/c1-7(2)12(11-4-8(3)17-22-11)14(20)18-6-9(19)5-10(18)13(15)16-21;1-7(2)12(11-4-8(3)16-21-11)14(20)17-6-9(18)5-10(17)13(15)19;1-8(2)13(12-4-9(3)16-20-12)14(19)17-7-11(18)5-10(17)6-15;1-6-3-9(20-13-6)10(16)11(17)14-5-7(15)4-8(14)12(18)19-2;1-5(2)7(8(10)11)6-3-4-9-12-6;1-10-6(9)5-2-4(8)3-7-5/h4,7,9-10,12,19,21H,5-6H2,1-3H3,(H2,15,16);4,7,9-10,12,18H,5-6H2,1-3H3,(H2,15,19);4,8,10-11,13,18H,5,7H2,1-3H3;3,7-8,15H,4-5H2,1-2H3;3-5,7H,1-2H3,(H,10,11);4-5,7-8H,2-3H2,1H3/t2*9-,10+,12?;10-,11+,13?;7-,8+;;4-,5+/m1101.1/s1.